The summed E-state index contributed by atoms with van der Waals surface area (Å²) in [6.07, 6.45) is 1.76. The molecule has 0 saturated carbocycles. The Morgan fingerprint density at radius 3 is 2.77 bits per heavy atom. The van der Waals surface area contributed by atoms with Crippen molar-refractivity contribution in [1.29, 1.82) is 0 Å². The molecule has 0 spiro atoms. The first-order valence-corrected chi connectivity index (χ1v) is 8.11. The van der Waals surface area contributed by atoms with Crippen LogP contribution in [0.1, 0.15) is 11.1 Å². The summed E-state index contributed by atoms with van der Waals surface area (Å²) in [5, 5.41) is 0. The smallest absolute Gasteiger partial charge is 0.242 e. The fraction of sp³-hybridized carbons (Fsp3) is 0.294. The molecule has 0 atom stereocenters. The van der Waals surface area contributed by atoms with E-state index in [2.05, 4.69) is 46.0 Å². The lowest BCUT2D eigenvalue weighted by atomic mass is 10.1. The highest BCUT2D eigenvalue weighted by molar-refractivity contribution is 9.10. The number of anilines is 1. The number of piperazine rings is 1. The number of pyridine rings is 1. The molecule has 0 aliphatic carbocycles. The van der Waals surface area contributed by atoms with E-state index < -0.39 is 0 Å². The molecule has 0 N–H and O–H groups in total. The second-order valence-corrected chi connectivity index (χ2v) is 6.48. The van der Waals surface area contributed by atoms with Gasteiger partial charge < -0.3 is 9.80 Å². The molecule has 1 aliphatic heterocycles. The van der Waals surface area contributed by atoms with Crippen molar-refractivity contribution in [2.75, 3.05) is 24.5 Å². The van der Waals surface area contributed by atoms with E-state index in [4.69, 9.17) is 0 Å². The summed E-state index contributed by atoms with van der Waals surface area (Å²) in [6.45, 7) is 4.68. The standard InChI is InChI=1S/C17H18BrN3O/c1-13-3-2-4-14(9-13)11-21-8-7-20(12-17(21)22)16-6-5-15(18)10-19-16/h2-6,9-10H,7-8,11-12H2,1H3. The molecule has 1 fully saturated rings. The Balaban J connectivity index is 1.65. The third kappa shape index (κ3) is 3.47. The maximum atomic E-state index is 12.4. The van der Waals surface area contributed by atoms with Crippen LogP contribution in [0.15, 0.2) is 47.1 Å². The van der Waals surface area contributed by atoms with Gasteiger partial charge in [-0.15, -0.1) is 0 Å². The van der Waals surface area contributed by atoms with Crippen LogP contribution in [0.25, 0.3) is 0 Å². The molecular formula is C17H18BrN3O. The van der Waals surface area contributed by atoms with Crippen LogP contribution in [0.4, 0.5) is 5.82 Å². The maximum Gasteiger partial charge on any atom is 0.242 e. The highest BCUT2D eigenvalue weighted by Crippen LogP contribution is 2.18. The lowest BCUT2D eigenvalue weighted by Gasteiger charge is -2.35. The van der Waals surface area contributed by atoms with Crippen LogP contribution in [0, 0.1) is 6.92 Å². The van der Waals surface area contributed by atoms with Crippen molar-refractivity contribution in [2.45, 2.75) is 13.5 Å². The first-order valence-electron chi connectivity index (χ1n) is 7.31. The second-order valence-electron chi connectivity index (χ2n) is 5.56. The molecule has 1 saturated heterocycles. The van der Waals surface area contributed by atoms with Crippen molar-refractivity contribution >= 4 is 27.7 Å². The van der Waals surface area contributed by atoms with Crippen LogP contribution in [0.5, 0.6) is 0 Å². The van der Waals surface area contributed by atoms with Crippen molar-refractivity contribution in [1.82, 2.24) is 9.88 Å². The maximum absolute atomic E-state index is 12.4. The van der Waals surface area contributed by atoms with E-state index >= 15 is 0 Å². The molecule has 0 radical (unpaired) electrons. The van der Waals surface area contributed by atoms with Crippen molar-refractivity contribution in [2.24, 2.45) is 0 Å². The van der Waals surface area contributed by atoms with Gasteiger partial charge in [0.2, 0.25) is 5.91 Å². The Morgan fingerprint density at radius 1 is 1.23 bits per heavy atom. The predicted octanol–water partition coefficient (Wildman–Crippen LogP) is 3.00. The number of amides is 1. The van der Waals surface area contributed by atoms with Gasteiger partial charge in [0.25, 0.3) is 0 Å². The molecule has 1 aromatic heterocycles. The Bertz CT molecular complexity index is 672. The Hall–Kier alpha value is -1.88. The molecule has 2 aromatic rings. The Kier molecular flexibility index (Phi) is 4.43. The molecule has 0 unspecified atom stereocenters. The van der Waals surface area contributed by atoms with Gasteiger partial charge in [-0.05, 0) is 40.5 Å². The average molecular weight is 360 g/mol. The highest BCUT2D eigenvalue weighted by Gasteiger charge is 2.24. The SMILES string of the molecule is Cc1cccc(CN2CCN(c3ccc(Br)cn3)CC2=O)c1. The number of nitrogens with zero attached hydrogens (tertiary/aromatic N) is 3. The first-order chi connectivity index (χ1) is 10.6. The zero-order valence-electron chi connectivity index (χ0n) is 12.5. The number of hydrogen-bond acceptors (Lipinski definition) is 3. The fourth-order valence-electron chi connectivity index (χ4n) is 2.66. The third-order valence-corrected chi connectivity index (χ3v) is 4.28. The molecule has 1 aromatic carbocycles. The van der Waals surface area contributed by atoms with Crippen LogP contribution in [0.3, 0.4) is 0 Å². The van der Waals surface area contributed by atoms with Gasteiger partial charge in [-0.2, -0.15) is 0 Å². The summed E-state index contributed by atoms with van der Waals surface area (Å²) < 4.78 is 0.945. The van der Waals surface area contributed by atoms with Gasteiger partial charge in [0.05, 0.1) is 6.54 Å². The van der Waals surface area contributed by atoms with Crippen LogP contribution in [-0.2, 0) is 11.3 Å². The number of carbonyl (C=O) groups excluding carboxylic acids is 1. The topological polar surface area (TPSA) is 36.4 Å². The average Bonchev–Trinajstić information content (AvgIpc) is 2.50. The van der Waals surface area contributed by atoms with Gasteiger partial charge in [0.1, 0.15) is 5.82 Å². The van der Waals surface area contributed by atoms with Crippen LogP contribution in [0.2, 0.25) is 0 Å². The van der Waals surface area contributed by atoms with E-state index in [9.17, 15) is 4.79 Å². The number of aryl methyl sites for hydroxylation is 1. The van der Waals surface area contributed by atoms with Crippen molar-refractivity contribution in [3.8, 4) is 0 Å². The van der Waals surface area contributed by atoms with Crippen LogP contribution in [-0.4, -0.2) is 35.4 Å². The number of rotatable bonds is 3. The second kappa shape index (κ2) is 6.48. The van der Waals surface area contributed by atoms with E-state index in [0.29, 0.717) is 13.1 Å². The minimum Gasteiger partial charge on any atom is -0.346 e. The van der Waals surface area contributed by atoms with Crippen LogP contribution < -0.4 is 4.90 Å². The minimum absolute atomic E-state index is 0.150. The van der Waals surface area contributed by atoms with E-state index in [0.717, 1.165) is 23.4 Å². The normalized spacial score (nSPS) is 15.3. The number of benzene rings is 1. The lowest BCUT2D eigenvalue weighted by Crippen LogP contribution is -2.50. The zero-order chi connectivity index (χ0) is 15.5. The van der Waals surface area contributed by atoms with Crippen molar-refractivity contribution in [3.05, 3.63) is 58.2 Å². The minimum atomic E-state index is 0.150. The van der Waals surface area contributed by atoms with Gasteiger partial charge in [0.15, 0.2) is 0 Å². The molecular weight excluding hydrogens is 342 g/mol. The summed E-state index contributed by atoms with van der Waals surface area (Å²) in [5.41, 5.74) is 2.41. The quantitative estimate of drug-likeness (QED) is 0.844. The molecule has 1 amide bonds. The molecule has 3 rings (SSSR count). The zero-order valence-corrected chi connectivity index (χ0v) is 14.1. The molecule has 114 valence electrons. The predicted molar refractivity (Wildman–Crippen MR) is 90.7 cm³/mol. The molecule has 22 heavy (non-hydrogen) atoms. The van der Waals surface area contributed by atoms with E-state index in [-0.39, 0.29) is 5.91 Å². The number of halogens is 1. The van der Waals surface area contributed by atoms with Crippen molar-refractivity contribution in [3.63, 3.8) is 0 Å². The summed E-state index contributed by atoms with van der Waals surface area (Å²) in [5.74, 6) is 1.00. The van der Waals surface area contributed by atoms with Gasteiger partial charge in [0, 0.05) is 30.3 Å². The van der Waals surface area contributed by atoms with Gasteiger partial charge >= 0.3 is 0 Å². The van der Waals surface area contributed by atoms with E-state index in [1.165, 1.54) is 11.1 Å². The monoisotopic (exact) mass is 359 g/mol. The van der Waals surface area contributed by atoms with E-state index in [1.807, 2.05) is 28.0 Å². The third-order valence-electron chi connectivity index (χ3n) is 3.81. The molecule has 0 bridgehead atoms. The Labute approximate surface area is 138 Å². The number of carbonyl (C=O) groups is 1. The number of aromatic nitrogens is 1. The Morgan fingerprint density at radius 2 is 2.09 bits per heavy atom. The number of hydrogen-bond donors (Lipinski definition) is 0. The van der Waals surface area contributed by atoms with Crippen molar-refractivity contribution < 1.29 is 4.79 Å². The largest absolute Gasteiger partial charge is 0.346 e. The van der Waals surface area contributed by atoms with Gasteiger partial charge in [-0.1, -0.05) is 29.8 Å². The summed E-state index contributed by atoms with van der Waals surface area (Å²) in [7, 11) is 0. The van der Waals surface area contributed by atoms with Gasteiger partial charge in [-0.25, -0.2) is 4.98 Å². The molecule has 4 nitrogen and oxygen atoms in total. The fourth-order valence-corrected chi connectivity index (χ4v) is 2.89. The van der Waals surface area contributed by atoms with Gasteiger partial charge in [-0.3, -0.25) is 4.79 Å². The summed E-state index contributed by atoms with van der Waals surface area (Å²) in [6, 6.07) is 12.2. The summed E-state index contributed by atoms with van der Waals surface area (Å²) >= 11 is 3.38. The lowest BCUT2D eigenvalue weighted by molar-refractivity contribution is -0.131. The highest BCUT2D eigenvalue weighted by atomic mass is 79.9. The molecule has 2 heterocycles. The van der Waals surface area contributed by atoms with E-state index in [1.54, 1.807) is 6.20 Å². The first kappa shape index (κ1) is 15.0. The van der Waals surface area contributed by atoms with Crippen LogP contribution >= 0.6 is 15.9 Å². The molecule has 5 heteroatoms. The molecule has 1 aliphatic rings. The summed E-state index contributed by atoms with van der Waals surface area (Å²) in [4.78, 5) is 20.7.